The summed E-state index contributed by atoms with van der Waals surface area (Å²) in [5.41, 5.74) is -0.528. The Labute approximate surface area is 117 Å². The lowest BCUT2D eigenvalue weighted by atomic mass is 9.43. The Morgan fingerprint density at radius 3 is 2.42 bits per heavy atom. The fourth-order valence-corrected chi connectivity index (χ4v) is 4.12. The molecule has 3 atom stereocenters. The van der Waals surface area contributed by atoms with Crippen LogP contribution in [-0.2, 0) is 14.6 Å². The summed E-state index contributed by atoms with van der Waals surface area (Å²) in [4.78, 5) is 22.9. The molecule has 0 radical (unpaired) electrons. The molecule has 0 N–H and O–H groups in total. The largest absolute Gasteiger partial charge is 0.300 e. The average molecular weight is 268 g/mol. The van der Waals surface area contributed by atoms with Gasteiger partial charge in [-0.3, -0.25) is 4.79 Å². The van der Waals surface area contributed by atoms with Crippen molar-refractivity contribution in [2.75, 3.05) is 0 Å². The summed E-state index contributed by atoms with van der Waals surface area (Å²) in [7, 11) is 0. The Kier molecular flexibility index (Phi) is 3.60. The van der Waals surface area contributed by atoms with E-state index < -0.39 is 5.60 Å². The van der Waals surface area contributed by atoms with Crippen molar-refractivity contribution in [1.29, 1.82) is 0 Å². The number of ketones is 1. The van der Waals surface area contributed by atoms with Crippen LogP contribution in [0.3, 0.4) is 0 Å². The monoisotopic (exact) mass is 268 g/mol. The molecule has 0 heterocycles. The van der Waals surface area contributed by atoms with Crippen molar-refractivity contribution in [1.82, 2.24) is 0 Å². The second-order valence-corrected chi connectivity index (χ2v) is 7.80. The van der Waals surface area contributed by atoms with Crippen LogP contribution in [0.25, 0.3) is 0 Å². The minimum Gasteiger partial charge on any atom is -0.300 e. The maximum atomic E-state index is 11.3. The van der Waals surface area contributed by atoms with Crippen molar-refractivity contribution in [2.45, 2.75) is 78.4 Å². The Bertz CT molecular complexity index is 372. The van der Waals surface area contributed by atoms with Crippen molar-refractivity contribution in [2.24, 2.45) is 17.3 Å². The molecule has 3 nitrogen and oxygen atoms in total. The van der Waals surface area contributed by atoms with Crippen molar-refractivity contribution >= 4 is 5.78 Å². The SMILES string of the molecule is CC(=O)CC(C)(C)OOC12CC(CCC1C)C2(C)C. The van der Waals surface area contributed by atoms with Crippen LogP contribution in [0.1, 0.15) is 67.2 Å². The number of hydrogen-bond acceptors (Lipinski definition) is 3. The van der Waals surface area contributed by atoms with Gasteiger partial charge in [-0.1, -0.05) is 20.8 Å². The van der Waals surface area contributed by atoms with Crippen LogP contribution in [0.2, 0.25) is 0 Å². The van der Waals surface area contributed by atoms with Gasteiger partial charge < -0.3 is 0 Å². The number of Topliss-reactive ketones (excluding diaryl/α,β-unsaturated/α-hetero) is 1. The Balaban J connectivity index is 2.04. The van der Waals surface area contributed by atoms with Crippen LogP contribution < -0.4 is 0 Å². The van der Waals surface area contributed by atoms with Gasteiger partial charge in [0.15, 0.2) is 0 Å². The lowest BCUT2D eigenvalue weighted by molar-refractivity contribution is -0.471. The van der Waals surface area contributed by atoms with Crippen molar-refractivity contribution in [3.63, 3.8) is 0 Å². The van der Waals surface area contributed by atoms with Gasteiger partial charge in [-0.2, -0.15) is 0 Å². The molecule has 3 fully saturated rings. The van der Waals surface area contributed by atoms with Gasteiger partial charge >= 0.3 is 0 Å². The first kappa shape index (κ1) is 15.0. The molecule has 3 saturated carbocycles. The maximum absolute atomic E-state index is 11.3. The normalized spacial score (nSPS) is 36.7. The minimum absolute atomic E-state index is 0.133. The molecule has 0 saturated heterocycles. The zero-order chi connectivity index (χ0) is 14.5. The van der Waals surface area contributed by atoms with Gasteiger partial charge in [0, 0.05) is 11.8 Å². The van der Waals surface area contributed by atoms with Crippen molar-refractivity contribution in [3.05, 3.63) is 0 Å². The van der Waals surface area contributed by atoms with Gasteiger partial charge in [0.1, 0.15) is 17.0 Å². The number of carbonyl (C=O) groups excluding carboxylic acids is 1. The summed E-state index contributed by atoms with van der Waals surface area (Å²) in [6, 6.07) is 0. The van der Waals surface area contributed by atoms with E-state index in [2.05, 4.69) is 20.8 Å². The highest BCUT2D eigenvalue weighted by Crippen LogP contribution is 2.66. The Hall–Kier alpha value is -0.410. The molecule has 3 rings (SSSR count). The van der Waals surface area contributed by atoms with Gasteiger partial charge in [0.05, 0.1) is 0 Å². The van der Waals surface area contributed by atoms with Gasteiger partial charge in [-0.25, -0.2) is 9.78 Å². The van der Waals surface area contributed by atoms with E-state index in [1.54, 1.807) is 6.92 Å². The summed E-state index contributed by atoms with van der Waals surface area (Å²) in [5.74, 6) is 1.40. The van der Waals surface area contributed by atoms with Gasteiger partial charge in [-0.05, 0) is 51.9 Å². The molecule has 0 aromatic heterocycles. The van der Waals surface area contributed by atoms with Crippen LogP contribution in [0.15, 0.2) is 0 Å². The van der Waals surface area contributed by atoms with Gasteiger partial charge in [0.2, 0.25) is 0 Å². The van der Waals surface area contributed by atoms with E-state index in [0.29, 0.717) is 12.3 Å². The first-order chi connectivity index (χ1) is 8.61. The summed E-state index contributed by atoms with van der Waals surface area (Å²) >= 11 is 0. The third-order valence-electron chi connectivity index (χ3n) is 5.50. The number of fused-ring (bicyclic) bond motifs is 2. The highest BCUT2D eigenvalue weighted by molar-refractivity contribution is 5.76. The van der Waals surface area contributed by atoms with Crippen LogP contribution in [0.5, 0.6) is 0 Å². The van der Waals surface area contributed by atoms with Crippen LogP contribution in [-0.4, -0.2) is 17.0 Å². The second kappa shape index (κ2) is 4.56. The molecular formula is C16H28O3. The van der Waals surface area contributed by atoms with Gasteiger partial charge in [0.25, 0.3) is 0 Å². The Morgan fingerprint density at radius 2 is 1.95 bits per heavy atom. The zero-order valence-corrected chi connectivity index (χ0v) is 13.2. The molecule has 0 aromatic carbocycles. The third kappa shape index (κ3) is 2.36. The van der Waals surface area contributed by atoms with E-state index >= 15 is 0 Å². The molecule has 3 aliphatic carbocycles. The molecule has 110 valence electrons. The van der Waals surface area contributed by atoms with E-state index in [-0.39, 0.29) is 16.8 Å². The first-order valence-electron chi connectivity index (χ1n) is 7.47. The van der Waals surface area contributed by atoms with Crippen LogP contribution in [0, 0.1) is 17.3 Å². The molecular weight excluding hydrogens is 240 g/mol. The smallest absolute Gasteiger partial charge is 0.132 e. The molecule has 0 aromatic rings. The summed E-state index contributed by atoms with van der Waals surface area (Å²) in [6.45, 7) is 12.3. The number of carbonyl (C=O) groups is 1. The minimum atomic E-state index is -0.543. The highest BCUT2D eigenvalue weighted by atomic mass is 17.2. The lowest BCUT2D eigenvalue weighted by Crippen LogP contribution is -2.68. The van der Waals surface area contributed by atoms with Crippen molar-refractivity contribution < 1.29 is 14.6 Å². The quantitative estimate of drug-likeness (QED) is 0.560. The first-order valence-corrected chi connectivity index (χ1v) is 7.47. The molecule has 19 heavy (non-hydrogen) atoms. The molecule has 0 aliphatic heterocycles. The lowest BCUT2D eigenvalue weighted by Gasteiger charge is -2.66. The molecule has 3 heteroatoms. The summed E-state index contributed by atoms with van der Waals surface area (Å²) < 4.78 is 0. The van der Waals surface area contributed by atoms with E-state index in [1.165, 1.54) is 12.8 Å². The maximum Gasteiger partial charge on any atom is 0.132 e. The fraction of sp³-hybridized carbons (Fsp3) is 0.938. The van der Waals surface area contributed by atoms with E-state index in [1.807, 2.05) is 13.8 Å². The predicted octanol–water partition coefficient (Wildman–Crippen LogP) is 3.91. The molecule has 0 spiro atoms. The predicted molar refractivity (Wildman–Crippen MR) is 74.6 cm³/mol. The third-order valence-corrected chi connectivity index (χ3v) is 5.50. The van der Waals surface area contributed by atoms with Crippen LogP contribution in [0.4, 0.5) is 0 Å². The highest BCUT2D eigenvalue weighted by Gasteiger charge is 2.67. The summed E-state index contributed by atoms with van der Waals surface area (Å²) in [6.07, 6.45) is 4.00. The van der Waals surface area contributed by atoms with Crippen LogP contribution >= 0.6 is 0 Å². The molecule has 0 amide bonds. The second-order valence-electron chi connectivity index (χ2n) is 7.80. The molecule has 3 unspecified atom stereocenters. The zero-order valence-electron chi connectivity index (χ0n) is 13.2. The van der Waals surface area contributed by atoms with E-state index in [4.69, 9.17) is 9.78 Å². The summed E-state index contributed by atoms with van der Waals surface area (Å²) in [5, 5.41) is 0. The average Bonchev–Trinajstić information content (AvgIpc) is 2.25. The number of hydrogen-bond donors (Lipinski definition) is 0. The molecule has 3 aliphatic rings. The standard InChI is InChI=1S/C16H28O3/c1-11-7-8-13-10-16(11,15(13,5)6)19-18-14(3,4)9-12(2)17/h11,13H,7-10H2,1-6H3. The van der Waals surface area contributed by atoms with Crippen molar-refractivity contribution in [3.8, 4) is 0 Å². The fourth-order valence-electron chi connectivity index (χ4n) is 4.12. The topological polar surface area (TPSA) is 35.5 Å². The van der Waals surface area contributed by atoms with Gasteiger partial charge in [-0.15, -0.1) is 0 Å². The number of rotatable bonds is 5. The Morgan fingerprint density at radius 1 is 1.32 bits per heavy atom. The molecule has 2 bridgehead atoms. The van der Waals surface area contributed by atoms with E-state index in [9.17, 15) is 4.79 Å². The van der Waals surface area contributed by atoms with E-state index in [0.717, 1.165) is 12.3 Å².